The van der Waals surface area contributed by atoms with Crippen molar-refractivity contribution < 1.29 is 14.6 Å². The molecule has 0 aliphatic rings. The topological polar surface area (TPSA) is 58.6 Å². The van der Waals surface area contributed by atoms with Crippen LogP contribution in [0.4, 0.5) is 0 Å². The Bertz CT molecular complexity index is 171. The zero-order valence-electron chi connectivity index (χ0n) is 9.41. The minimum Gasteiger partial charge on any atom is -0.481 e. The molecule has 2 N–H and O–H groups in total. The van der Waals surface area contributed by atoms with Crippen molar-refractivity contribution in [2.45, 2.75) is 39.3 Å². The standard InChI is InChI=1S/C10H21NO3/c1-7(2)9(6-14-4)11-8(3)5-10(12)13/h7-9,11H,5-6H2,1-4H3,(H,12,13). The van der Waals surface area contributed by atoms with Gasteiger partial charge in [-0.05, 0) is 12.8 Å². The Morgan fingerprint density at radius 1 is 1.43 bits per heavy atom. The van der Waals surface area contributed by atoms with Crippen LogP contribution in [0.25, 0.3) is 0 Å². The zero-order valence-corrected chi connectivity index (χ0v) is 9.41. The first-order chi connectivity index (χ1) is 6.47. The van der Waals surface area contributed by atoms with Gasteiger partial charge >= 0.3 is 5.97 Å². The Kier molecular flexibility index (Phi) is 6.49. The molecule has 0 rings (SSSR count). The van der Waals surface area contributed by atoms with Crippen molar-refractivity contribution in [2.24, 2.45) is 5.92 Å². The molecule has 0 radical (unpaired) electrons. The molecule has 0 bridgehead atoms. The second kappa shape index (κ2) is 6.79. The maximum Gasteiger partial charge on any atom is 0.304 e. The summed E-state index contributed by atoms with van der Waals surface area (Å²) in [5.41, 5.74) is 0. The first-order valence-corrected chi connectivity index (χ1v) is 4.94. The number of carboxylic acids is 1. The van der Waals surface area contributed by atoms with Gasteiger partial charge in [-0.25, -0.2) is 0 Å². The fraction of sp³-hybridized carbons (Fsp3) is 0.900. The Hall–Kier alpha value is -0.610. The van der Waals surface area contributed by atoms with Crippen LogP contribution in [0, 0.1) is 5.92 Å². The van der Waals surface area contributed by atoms with E-state index in [1.54, 1.807) is 7.11 Å². The fourth-order valence-electron chi connectivity index (χ4n) is 1.30. The molecule has 0 saturated heterocycles. The number of aliphatic carboxylic acids is 1. The largest absolute Gasteiger partial charge is 0.481 e. The van der Waals surface area contributed by atoms with E-state index in [-0.39, 0.29) is 18.5 Å². The second-order valence-electron chi connectivity index (χ2n) is 3.97. The van der Waals surface area contributed by atoms with Crippen LogP contribution in [0.5, 0.6) is 0 Å². The van der Waals surface area contributed by atoms with Crippen molar-refractivity contribution in [1.82, 2.24) is 5.32 Å². The predicted molar refractivity (Wildman–Crippen MR) is 55.4 cm³/mol. The van der Waals surface area contributed by atoms with Crippen LogP contribution in [-0.2, 0) is 9.53 Å². The fourth-order valence-corrected chi connectivity index (χ4v) is 1.30. The van der Waals surface area contributed by atoms with E-state index in [9.17, 15) is 4.79 Å². The summed E-state index contributed by atoms with van der Waals surface area (Å²) in [5.74, 6) is -0.337. The number of hydrogen-bond acceptors (Lipinski definition) is 3. The Balaban J connectivity index is 3.95. The maximum atomic E-state index is 10.4. The highest BCUT2D eigenvalue weighted by atomic mass is 16.5. The molecule has 0 heterocycles. The summed E-state index contributed by atoms with van der Waals surface area (Å²) in [7, 11) is 1.65. The molecule has 4 nitrogen and oxygen atoms in total. The van der Waals surface area contributed by atoms with Gasteiger partial charge in [0.15, 0.2) is 0 Å². The summed E-state index contributed by atoms with van der Waals surface area (Å²) in [4.78, 5) is 10.4. The molecule has 0 aliphatic carbocycles. The van der Waals surface area contributed by atoms with E-state index in [0.29, 0.717) is 12.5 Å². The van der Waals surface area contributed by atoms with E-state index in [1.165, 1.54) is 0 Å². The third-order valence-corrected chi connectivity index (χ3v) is 2.13. The monoisotopic (exact) mass is 203 g/mol. The summed E-state index contributed by atoms with van der Waals surface area (Å²) in [6.07, 6.45) is 0.146. The van der Waals surface area contributed by atoms with Gasteiger partial charge in [0.2, 0.25) is 0 Å². The molecule has 2 atom stereocenters. The molecule has 0 amide bonds. The SMILES string of the molecule is COCC(NC(C)CC(=O)O)C(C)C. The first kappa shape index (κ1) is 13.4. The van der Waals surface area contributed by atoms with Gasteiger partial charge < -0.3 is 15.2 Å². The number of nitrogens with one attached hydrogen (secondary N) is 1. The van der Waals surface area contributed by atoms with E-state index in [4.69, 9.17) is 9.84 Å². The van der Waals surface area contributed by atoms with E-state index < -0.39 is 5.97 Å². The maximum absolute atomic E-state index is 10.4. The van der Waals surface area contributed by atoms with Crippen LogP contribution in [0.2, 0.25) is 0 Å². The summed E-state index contributed by atoms with van der Waals surface area (Å²) in [6, 6.07) is 0.199. The van der Waals surface area contributed by atoms with Crippen molar-refractivity contribution in [1.29, 1.82) is 0 Å². The smallest absolute Gasteiger partial charge is 0.304 e. The molecule has 2 unspecified atom stereocenters. The lowest BCUT2D eigenvalue weighted by Crippen LogP contribution is -2.43. The van der Waals surface area contributed by atoms with Gasteiger partial charge in [-0.1, -0.05) is 13.8 Å². The summed E-state index contributed by atoms with van der Waals surface area (Å²) < 4.78 is 5.06. The van der Waals surface area contributed by atoms with E-state index in [1.807, 2.05) is 6.92 Å². The highest BCUT2D eigenvalue weighted by molar-refractivity contribution is 5.67. The van der Waals surface area contributed by atoms with Gasteiger partial charge in [0.25, 0.3) is 0 Å². The second-order valence-corrected chi connectivity index (χ2v) is 3.97. The van der Waals surface area contributed by atoms with Gasteiger partial charge in [-0.2, -0.15) is 0 Å². The number of rotatable bonds is 7. The number of hydrogen-bond donors (Lipinski definition) is 2. The highest BCUT2D eigenvalue weighted by Crippen LogP contribution is 2.04. The van der Waals surface area contributed by atoms with Crippen LogP contribution < -0.4 is 5.32 Å². The minimum atomic E-state index is -0.773. The molecule has 0 aliphatic heterocycles. The molecule has 0 fully saturated rings. The summed E-state index contributed by atoms with van der Waals surface area (Å²) >= 11 is 0. The van der Waals surface area contributed by atoms with Gasteiger partial charge in [-0.3, -0.25) is 4.79 Å². The molecule has 0 saturated carbocycles. The minimum absolute atomic E-state index is 0.0185. The van der Waals surface area contributed by atoms with Gasteiger partial charge in [0, 0.05) is 19.2 Å². The van der Waals surface area contributed by atoms with Crippen molar-refractivity contribution in [3.8, 4) is 0 Å². The zero-order chi connectivity index (χ0) is 11.1. The van der Waals surface area contributed by atoms with Crippen molar-refractivity contribution >= 4 is 5.97 Å². The van der Waals surface area contributed by atoms with E-state index in [2.05, 4.69) is 19.2 Å². The lowest BCUT2D eigenvalue weighted by molar-refractivity contribution is -0.137. The Morgan fingerprint density at radius 2 is 2.00 bits per heavy atom. The van der Waals surface area contributed by atoms with Crippen LogP contribution in [0.1, 0.15) is 27.2 Å². The Labute approximate surface area is 85.6 Å². The average Bonchev–Trinajstić information content (AvgIpc) is 2.01. The number of carboxylic acid groups (broad SMARTS) is 1. The lowest BCUT2D eigenvalue weighted by atomic mass is 10.0. The van der Waals surface area contributed by atoms with E-state index in [0.717, 1.165) is 0 Å². The molecule has 0 spiro atoms. The molecule has 4 heteroatoms. The van der Waals surface area contributed by atoms with Crippen LogP contribution in [0.15, 0.2) is 0 Å². The van der Waals surface area contributed by atoms with Gasteiger partial charge in [-0.15, -0.1) is 0 Å². The number of ether oxygens (including phenoxy) is 1. The van der Waals surface area contributed by atoms with Crippen molar-refractivity contribution in [3.05, 3.63) is 0 Å². The van der Waals surface area contributed by atoms with Crippen molar-refractivity contribution in [3.63, 3.8) is 0 Å². The quantitative estimate of drug-likeness (QED) is 0.650. The molecule has 0 aromatic rings. The molecule has 14 heavy (non-hydrogen) atoms. The first-order valence-electron chi connectivity index (χ1n) is 4.94. The summed E-state index contributed by atoms with van der Waals surface area (Å²) in [6.45, 7) is 6.66. The van der Waals surface area contributed by atoms with E-state index >= 15 is 0 Å². The molecule has 84 valence electrons. The normalized spacial score (nSPS) is 15.5. The van der Waals surface area contributed by atoms with Gasteiger partial charge in [0.1, 0.15) is 0 Å². The summed E-state index contributed by atoms with van der Waals surface area (Å²) in [5, 5.41) is 11.8. The van der Waals surface area contributed by atoms with Crippen LogP contribution >= 0.6 is 0 Å². The molecular formula is C10H21NO3. The van der Waals surface area contributed by atoms with Crippen LogP contribution in [-0.4, -0.2) is 36.9 Å². The van der Waals surface area contributed by atoms with Crippen molar-refractivity contribution in [2.75, 3.05) is 13.7 Å². The number of methoxy groups -OCH3 is 1. The lowest BCUT2D eigenvalue weighted by Gasteiger charge is -2.25. The highest BCUT2D eigenvalue weighted by Gasteiger charge is 2.16. The third-order valence-electron chi connectivity index (χ3n) is 2.13. The molecular weight excluding hydrogens is 182 g/mol. The number of carbonyl (C=O) groups is 1. The van der Waals surface area contributed by atoms with Crippen LogP contribution in [0.3, 0.4) is 0 Å². The molecule has 0 aromatic heterocycles. The molecule has 0 aromatic carbocycles. The third kappa shape index (κ3) is 5.94. The average molecular weight is 203 g/mol. The predicted octanol–water partition coefficient (Wildman–Crippen LogP) is 1.11. The van der Waals surface area contributed by atoms with Gasteiger partial charge in [0.05, 0.1) is 13.0 Å². The Morgan fingerprint density at radius 3 is 2.36 bits per heavy atom.